The minimum absolute atomic E-state index is 0.143. The van der Waals surface area contributed by atoms with Crippen LogP contribution in [0.15, 0.2) is 54.6 Å². The standard InChI is InChI=1S/C28H28ClN3O4/c1-6-36-27(33)15-20-8-7-19(14-24(20)29)18-9-11-22-23(13-18)17(2)30-31-28(22)32(3)25-12-10-21(34-4)16-26(25)35-5/h7-14,16H,6,15H2,1-5H3. The fourth-order valence-corrected chi connectivity index (χ4v) is 4.36. The lowest BCUT2D eigenvalue weighted by Gasteiger charge is -2.22. The van der Waals surface area contributed by atoms with Crippen LogP contribution in [-0.2, 0) is 16.0 Å². The lowest BCUT2D eigenvalue weighted by Crippen LogP contribution is -2.14. The molecule has 0 saturated carbocycles. The molecule has 0 N–H and O–H groups in total. The highest BCUT2D eigenvalue weighted by molar-refractivity contribution is 6.31. The number of fused-ring (bicyclic) bond motifs is 1. The van der Waals surface area contributed by atoms with Crippen LogP contribution in [0.2, 0.25) is 5.02 Å². The maximum Gasteiger partial charge on any atom is 0.310 e. The van der Waals surface area contributed by atoms with E-state index in [1.165, 1.54) is 0 Å². The molecule has 4 rings (SSSR count). The van der Waals surface area contributed by atoms with Gasteiger partial charge in [0.25, 0.3) is 0 Å². The van der Waals surface area contributed by atoms with E-state index in [0.29, 0.717) is 28.9 Å². The number of hydrogen-bond donors (Lipinski definition) is 0. The van der Waals surface area contributed by atoms with E-state index >= 15 is 0 Å². The molecule has 1 aromatic heterocycles. The summed E-state index contributed by atoms with van der Waals surface area (Å²) in [4.78, 5) is 13.8. The first-order valence-corrected chi connectivity index (χ1v) is 11.9. The molecule has 0 bridgehead atoms. The fraction of sp³-hybridized carbons (Fsp3) is 0.250. The highest BCUT2D eigenvalue weighted by atomic mass is 35.5. The molecule has 0 aliphatic rings. The Morgan fingerprint density at radius 2 is 1.69 bits per heavy atom. The second kappa shape index (κ2) is 10.8. The zero-order valence-electron chi connectivity index (χ0n) is 21.0. The average Bonchev–Trinajstić information content (AvgIpc) is 2.89. The molecule has 0 radical (unpaired) electrons. The molecular weight excluding hydrogens is 478 g/mol. The number of carbonyl (C=O) groups excluding carboxylic acids is 1. The number of rotatable bonds is 8. The Kier molecular flexibility index (Phi) is 7.60. The summed E-state index contributed by atoms with van der Waals surface area (Å²) in [6.45, 7) is 4.06. The Hall–Kier alpha value is -3.84. The summed E-state index contributed by atoms with van der Waals surface area (Å²) in [5.74, 6) is 1.78. The topological polar surface area (TPSA) is 73.8 Å². The lowest BCUT2D eigenvalue weighted by atomic mass is 9.99. The van der Waals surface area contributed by atoms with Crippen LogP contribution in [0.3, 0.4) is 0 Å². The van der Waals surface area contributed by atoms with Gasteiger partial charge in [-0.2, -0.15) is 5.10 Å². The van der Waals surface area contributed by atoms with Crippen molar-refractivity contribution in [3.05, 3.63) is 70.9 Å². The van der Waals surface area contributed by atoms with E-state index in [4.69, 9.17) is 25.8 Å². The number of halogens is 1. The Labute approximate surface area is 215 Å². The quantitative estimate of drug-likeness (QED) is 0.266. The molecule has 0 fully saturated rings. The van der Waals surface area contributed by atoms with Crippen LogP contribution in [0, 0.1) is 6.92 Å². The number of methoxy groups -OCH3 is 2. The first-order chi connectivity index (χ1) is 17.4. The first kappa shape index (κ1) is 25.3. The van der Waals surface area contributed by atoms with Gasteiger partial charge in [-0.3, -0.25) is 4.79 Å². The molecule has 0 amide bonds. The third kappa shape index (κ3) is 5.06. The molecule has 1 heterocycles. The van der Waals surface area contributed by atoms with E-state index in [1.807, 2.05) is 67.4 Å². The minimum Gasteiger partial charge on any atom is -0.497 e. The molecule has 36 heavy (non-hydrogen) atoms. The van der Waals surface area contributed by atoms with Crippen molar-refractivity contribution in [3.8, 4) is 22.6 Å². The summed E-state index contributed by atoms with van der Waals surface area (Å²) >= 11 is 6.50. The molecule has 0 saturated heterocycles. The summed E-state index contributed by atoms with van der Waals surface area (Å²) in [5.41, 5.74) is 4.32. The molecule has 0 atom stereocenters. The second-order valence-electron chi connectivity index (χ2n) is 8.25. The maximum atomic E-state index is 11.9. The van der Waals surface area contributed by atoms with Crippen molar-refractivity contribution in [3.63, 3.8) is 0 Å². The Morgan fingerprint density at radius 3 is 2.39 bits per heavy atom. The number of aromatic nitrogens is 2. The number of anilines is 2. The normalized spacial score (nSPS) is 10.8. The van der Waals surface area contributed by atoms with Crippen LogP contribution in [0.1, 0.15) is 18.2 Å². The summed E-state index contributed by atoms with van der Waals surface area (Å²) in [7, 11) is 5.18. The number of benzene rings is 3. The van der Waals surface area contributed by atoms with Crippen molar-refractivity contribution in [1.82, 2.24) is 10.2 Å². The van der Waals surface area contributed by atoms with Crippen molar-refractivity contribution in [1.29, 1.82) is 0 Å². The molecule has 8 heteroatoms. The lowest BCUT2D eigenvalue weighted by molar-refractivity contribution is -0.142. The summed E-state index contributed by atoms with van der Waals surface area (Å²) in [5, 5.41) is 11.4. The molecule has 3 aromatic carbocycles. The Morgan fingerprint density at radius 1 is 0.944 bits per heavy atom. The van der Waals surface area contributed by atoms with Gasteiger partial charge in [0.2, 0.25) is 0 Å². The van der Waals surface area contributed by atoms with Gasteiger partial charge in [0.1, 0.15) is 11.5 Å². The van der Waals surface area contributed by atoms with Gasteiger partial charge in [-0.05, 0) is 60.9 Å². The SMILES string of the molecule is CCOC(=O)Cc1ccc(-c2ccc3c(N(C)c4ccc(OC)cc4OC)nnc(C)c3c2)cc1Cl. The van der Waals surface area contributed by atoms with Crippen LogP contribution < -0.4 is 14.4 Å². The number of aryl methyl sites for hydroxylation is 1. The Bertz CT molecular complexity index is 1420. The summed E-state index contributed by atoms with van der Waals surface area (Å²) in [6, 6.07) is 17.5. The van der Waals surface area contributed by atoms with Gasteiger partial charge in [0.15, 0.2) is 5.82 Å². The van der Waals surface area contributed by atoms with E-state index in [2.05, 4.69) is 16.3 Å². The highest BCUT2D eigenvalue weighted by Gasteiger charge is 2.17. The van der Waals surface area contributed by atoms with E-state index in [0.717, 1.165) is 38.8 Å². The zero-order chi connectivity index (χ0) is 25.8. The van der Waals surface area contributed by atoms with Crippen LogP contribution in [-0.4, -0.2) is 44.0 Å². The Balaban J connectivity index is 1.72. The van der Waals surface area contributed by atoms with E-state index in [-0.39, 0.29) is 12.4 Å². The molecule has 0 spiro atoms. The smallest absolute Gasteiger partial charge is 0.310 e. The number of esters is 1. The number of ether oxygens (including phenoxy) is 3. The van der Waals surface area contributed by atoms with Gasteiger partial charge < -0.3 is 19.1 Å². The van der Waals surface area contributed by atoms with Crippen molar-refractivity contribution in [2.45, 2.75) is 20.3 Å². The predicted molar refractivity (Wildman–Crippen MR) is 143 cm³/mol. The van der Waals surface area contributed by atoms with Crippen molar-refractivity contribution >= 4 is 39.8 Å². The average molecular weight is 506 g/mol. The molecule has 0 aliphatic carbocycles. The first-order valence-electron chi connectivity index (χ1n) is 11.5. The van der Waals surface area contributed by atoms with E-state index in [1.54, 1.807) is 21.1 Å². The van der Waals surface area contributed by atoms with E-state index in [9.17, 15) is 4.79 Å². The van der Waals surface area contributed by atoms with Crippen molar-refractivity contribution in [2.75, 3.05) is 32.8 Å². The summed E-state index contributed by atoms with van der Waals surface area (Å²) < 4.78 is 16.0. The van der Waals surface area contributed by atoms with Crippen molar-refractivity contribution < 1.29 is 19.0 Å². The molecular formula is C28H28ClN3O4. The van der Waals surface area contributed by atoms with Gasteiger partial charge in [-0.1, -0.05) is 29.8 Å². The number of nitrogens with zero attached hydrogens (tertiary/aromatic N) is 3. The van der Waals surface area contributed by atoms with Crippen LogP contribution in [0.25, 0.3) is 21.9 Å². The number of carbonyl (C=O) groups is 1. The molecule has 0 unspecified atom stereocenters. The molecule has 0 aliphatic heterocycles. The maximum absolute atomic E-state index is 11.9. The third-order valence-electron chi connectivity index (χ3n) is 6.04. The monoisotopic (exact) mass is 505 g/mol. The number of hydrogen-bond acceptors (Lipinski definition) is 7. The zero-order valence-corrected chi connectivity index (χ0v) is 21.7. The third-order valence-corrected chi connectivity index (χ3v) is 6.39. The van der Waals surface area contributed by atoms with Gasteiger partial charge in [-0.25, -0.2) is 0 Å². The fourth-order valence-electron chi connectivity index (χ4n) is 4.11. The van der Waals surface area contributed by atoms with Gasteiger partial charge in [0, 0.05) is 28.9 Å². The van der Waals surface area contributed by atoms with Gasteiger partial charge in [-0.15, -0.1) is 5.10 Å². The predicted octanol–water partition coefficient (Wildman–Crippen LogP) is 6.15. The van der Waals surface area contributed by atoms with Gasteiger partial charge in [0.05, 0.1) is 38.6 Å². The van der Waals surface area contributed by atoms with Crippen LogP contribution >= 0.6 is 11.6 Å². The summed E-state index contributed by atoms with van der Waals surface area (Å²) in [6.07, 6.45) is 0.143. The largest absolute Gasteiger partial charge is 0.497 e. The molecule has 7 nitrogen and oxygen atoms in total. The highest BCUT2D eigenvalue weighted by Crippen LogP contribution is 2.38. The second-order valence-corrected chi connectivity index (χ2v) is 8.66. The van der Waals surface area contributed by atoms with Gasteiger partial charge >= 0.3 is 5.97 Å². The van der Waals surface area contributed by atoms with Crippen LogP contribution in [0.4, 0.5) is 11.5 Å². The van der Waals surface area contributed by atoms with Crippen LogP contribution in [0.5, 0.6) is 11.5 Å². The van der Waals surface area contributed by atoms with Crippen molar-refractivity contribution in [2.24, 2.45) is 0 Å². The minimum atomic E-state index is -0.294. The van der Waals surface area contributed by atoms with E-state index < -0.39 is 0 Å². The molecule has 186 valence electrons. The molecule has 4 aromatic rings.